The number of anilines is 1. The second-order valence-electron chi connectivity index (χ2n) is 4.90. The average Bonchev–Trinajstić information content (AvgIpc) is 2.50. The van der Waals surface area contributed by atoms with E-state index in [1.807, 2.05) is 19.1 Å². The molecular formula is C15H21N3O3. The van der Waals surface area contributed by atoms with E-state index in [0.717, 1.165) is 5.56 Å². The third-order valence-corrected chi connectivity index (χ3v) is 3.20. The molecule has 6 nitrogen and oxygen atoms in total. The van der Waals surface area contributed by atoms with Gasteiger partial charge in [0.2, 0.25) is 11.8 Å². The summed E-state index contributed by atoms with van der Waals surface area (Å²) in [7, 11) is 0. The Kier molecular flexibility index (Phi) is 5.71. The first-order valence-corrected chi connectivity index (χ1v) is 7.16. The highest BCUT2D eigenvalue weighted by molar-refractivity contribution is 5.95. The quantitative estimate of drug-likeness (QED) is 0.728. The highest BCUT2D eigenvalue weighted by atomic mass is 16.5. The summed E-state index contributed by atoms with van der Waals surface area (Å²) >= 11 is 0. The molecule has 0 saturated carbocycles. The zero-order valence-corrected chi connectivity index (χ0v) is 12.1. The van der Waals surface area contributed by atoms with Crippen LogP contribution in [0, 0.1) is 0 Å². The Labute approximate surface area is 124 Å². The van der Waals surface area contributed by atoms with E-state index >= 15 is 0 Å². The number of hydrogen-bond donors (Lipinski definition) is 3. The van der Waals surface area contributed by atoms with Gasteiger partial charge in [0, 0.05) is 18.8 Å². The van der Waals surface area contributed by atoms with Gasteiger partial charge >= 0.3 is 0 Å². The van der Waals surface area contributed by atoms with Crippen molar-refractivity contribution >= 4 is 17.5 Å². The van der Waals surface area contributed by atoms with Crippen LogP contribution >= 0.6 is 0 Å². The zero-order valence-electron chi connectivity index (χ0n) is 12.1. The standard InChI is InChI=1S/C15H21N3O3/c1-2-16-14(19)9-11-3-5-12(6-4-11)18-15(20)13-10-21-8-7-17-13/h3-6,13,17H,2,7-10H2,1H3,(H,16,19)(H,18,20). The van der Waals surface area contributed by atoms with E-state index in [0.29, 0.717) is 38.4 Å². The molecule has 0 aromatic heterocycles. The largest absolute Gasteiger partial charge is 0.378 e. The molecule has 1 unspecified atom stereocenters. The molecule has 1 heterocycles. The van der Waals surface area contributed by atoms with E-state index < -0.39 is 0 Å². The normalized spacial score (nSPS) is 18.0. The second kappa shape index (κ2) is 7.75. The molecule has 21 heavy (non-hydrogen) atoms. The Morgan fingerprint density at radius 3 is 2.71 bits per heavy atom. The molecule has 1 aliphatic heterocycles. The molecule has 0 bridgehead atoms. The number of hydrogen-bond acceptors (Lipinski definition) is 4. The minimum absolute atomic E-state index is 0.00200. The first-order valence-electron chi connectivity index (χ1n) is 7.16. The maximum atomic E-state index is 12.0. The highest BCUT2D eigenvalue weighted by Crippen LogP contribution is 2.11. The Bertz CT molecular complexity index is 481. The van der Waals surface area contributed by atoms with Gasteiger partial charge < -0.3 is 20.7 Å². The lowest BCUT2D eigenvalue weighted by molar-refractivity contribution is -0.121. The van der Waals surface area contributed by atoms with Gasteiger partial charge in [-0.2, -0.15) is 0 Å². The summed E-state index contributed by atoms with van der Waals surface area (Å²) < 4.78 is 5.26. The summed E-state index contributed by atoms with van der Waals surface area (Å²) in [5.41, 5.74) is 1.63. The molecule has 1 saturated heterocycles. The molecule has 1 aliphatic rings. The molecule has 1 aromatic carbocycles. The molecule has 2 rings (SSSR count). The fourth-order valence-electron chi connectivity index (χ4n) is 2.11. The fraction of sp³-hybridized carbons (Fsp3) is 0.467. The van der Waals surface area contributed by atoms with Crippen molar-refractivity contribution in [3.8, 4) is 0 Å². The summed E-state index contributed by atoms with van der Waals surface area (Å²) in [6, 6.07) is 6.98. The van der Waals surface area contributed by atoms with Gasteiger partial charge in [-0.05, 0) is 24.6 Å². The predicted molar refractivity (Wildman–Crippen MR) is 80.1 cm³/mol. The third-order valence-electron chi connectivity index (χ3n) is 3.20. The number of ether oxygens (including phenoxy) is 1. The van der Waals surface area contributed by atoms with Crippen molar-refractivity contribution in [2.24, 2.45) is 0 Å². The van der Waals surface area contributed by atoms with Crippen molar-refractivity contribution in [3.05, 3.63) is 29.8 Å². The monoisotopic (exact) mass is 291 g/mol. The van der Waals surface area contributed by atoms with Crippen LogP contribution in [-0.2, 0) is 20.7 Å². The topological polar surface area (TPSA) is 79.5 Å². The number of carbonyl (C=O) groups excluding carboxylic acids is 2. The Hall–Kier alpha value is -1.92. The fourth-order valence-corrected chi connectivity index (χ4v) is 2.11. The van der Waals surface area contributed by atoms with Crippen molar-refractivity contribution < 1.29 is 14.3 Å². The van der Waals surface area contributed by atoms with Crippen molar-refractivity contribution in [1.82, 2.24) is 10.6 Å². The number of nitrogens with one attached hydrogen (secondary N) is 3. The van der Waals surface area contributed by atoms with Gasteiger partial charge in [0.05, 0.1) is 19.6 Å². The molecule has 0 spiro atoms. The van der Waals surface area contributed by atoms with Gasteiger partial charge in [-0.25, -0.2) is 0 Å². The minimum Gasteiger partial charge on any atom is -0.378 e. The first kappa shape index (κ1) is 15.5. The summed E-state index contributed by atoms with van der Waals surface area (Å²) in [4.78, 5) is 23.5. The average molecular weight is 291 g/mol. The van der Waals surface area contributed by atoms with Crippen LogP contribution in [0.25, 0.3) is 0 Å². The van der Waals surface area contributed by atoms with Gasteiger partial charge in [-0.1, -0.05) is 12.1 Å². The second-order valence-corrected chi connectivity index (χ2v) is 4.90. The van der Waals surface area contributed by atoms with Gasteiger partial charge in [-0.3, -0.25) is 9.59 Å². The van der Waals surface area contributed by atoms with Crippen LogP contribution in [0.15, 0.2) is 24.3 Å². The zero-order chi connectivity index (χ0) is 15.1. The molecule has 0 radical (unpaired) electrons. The van der Waals surface area contributed by atoms with Crippen LogP contribution in [0.4, 0.5) is 5.69 Å². The summed E-state index contributed by atoms with van der Waals surface area (Å²) in [6.07, 6.45) is 0.347. The molecule has 2 amide bonds. The van der Waals surface area contributed by atoms with Gasteiger partial charge in [0.15, 0.2) is 0 Å². The van der Waals surface area contributed by atoms with Crippen LogP contribution in [0.3, 0.4) is 0 Å². The Morgan fingerprint density at radius 2 is 2.10 bits per heavy atom. The molecular weight excluding hydrogens is 270 g/mol. The molecule has 1 atom stereocenters. The Morgan fingerprint density at radius 1 is 1.33 bits per heavy atom. The van der Waals surface area contributed by atoms with Crippen LogP contribution in [-0.4, -0.2) is 44.2 Å². The van der Waals surface area contributed by atoms with Crippen LogP contribution < -0.4 is 16.0 Å². The maximum absolute atomic E-state index is 12.0. The first-order chi connectivity index (χ1) is 10.2. The number of likely N-dealkylation sites (N-methyl/N-ethyl adjacent to an activating group) is 1. The third kappa shape index (κ3) is 4.84. The van der Waals surface area contributed by atoms with Crippen LogP contribution in [0.1, 0.15) is 12.5 Å². The molecule has 3 N–H and O–H groups in total. The van der Waals surface area contributed by atoms with E-state index in [1.54, 1.807) is 12.1 Å². The van der Waals surface area contributed by atoms with E-state index in [-0.39, 0.29) is 17.9 Å². The molecule has 1 fully saturated rings. The van der Waals surface area contributed by atoms with Crippen LogP contribution in [0.5, 0.6) is 0 Å². The van der Waals surface area contributed by atoms with Crippen molar-refractivity contribution in [1.29, 1.82) is 0 Å². The Balaban J connectivity index is 1.86. The molecule has 114 valence electrons. The van der Waals surface area contributed by atoms with Gasteiger partial charge in [0.25, 0.3) is 0 Å². The number of morpholine rings is 1. The lowest BCUT2D eigenvalue weighted by atomic mass is 10.1. The van der Waals surface area contributed by atoms with Crippen molar-refractivity contribution in [3.63, 3.8) is 0 Å². The molecule has 0 aliphatic carbocycles. The molecule has 6 heteroatoms. The van der Waals surface area contributed by atoms with E-state index in [1.165, 1.54) is 0 Å². The van der Waals surface area contributed by atoms with E-state index in [4.69, 9.17) is 4.74 Å². The smallest absolute Gasteiger partial charge is 0.243 e. The highest BCUT2D eigenvalue weighted by Gasteiger charge is 2.20. The lowest BCUT2D eigenvalue weighted by Gasteiger charge is -2.22. The summed E-state index contributed by atoms with van der Waals surface area (Å²) in [6.45, 7) is 4.23. The van der Waals surface area contributed by atoms with E-state index in [2.05, 4.69) is 16.0 Å². The van der Waals surface area contributed by atoms with Gasteiger partial charge in [-0.15, -0.1) is 0 Å². The predicted octanol–water partition coefficient (Wildman–Crippen LogP) is 0.292. The number of amides is 2. The lowest BCUT2D eigenvalue weighted by Crippen LogP contribution is -2.48. The summed E-state index contributed by atoms with van der Waals surface area (Å²) in [5.74, 6) is -0.107. The van der Waals surface area contributed by atoms with Crippen molar-refractivity contribution in [2.75, 3.05) is 31.6 Å². The minimum atomic E-state index is -0.311. The van der Waals surface area contributed by atoms with Gasteiger partial charge in [0.1, 0.15) is 6.04 Å². The maximum Gasteiger partial charge on any atom is 0.243 e. The summed E-state index contributed by atoms with van der Waals surface area (Å²) in [5, 5.41) is 8.69. The SMILES string of the molecule is CCNC(=O)Cc1ccc(NC(=O)C2COCCN2)cc1. The number of benzene rings is 1. The molecule has 1 aromatic rings. The van der Waals surface area contributed by atoms with E-state index in [9.17, 15) is 9.59 Å². The number of rotatable bonds is 5. The number of carbonyl (C=O) groups is 2. The van der Waals surface area contributed by atoms with Crippen molar-refractivity contribution in [2.45, 2.75) is 19.4 Å². The van der Waals surface area contributed by atoms with Crippen LogP contribution in [0.2, 0.25) is 0 Å².